The summed E-state index contributed by atoms with van der Waals surface area (Å²) in [6.07, 6.45) is 4.93. The molecule has 1 atom stereocenters. The van der Waals surface area contributed by atoms with E-state index in [1.54, 1.807) is 6.92 Å². The lowest BCUT2D eigenvalue weighted by atomic mass is 9.86. The molecule has 4 aromatic rings. The number of carboxylic acids is 1. The average molecular weight is 685 g/mol. The van der Waals surface area contributed by atoms with Crippen LogP contribution in [0.25, 0.3) is 33.4 Å². The molecule has 1 amide bonds. The number of nitrogens with one attached hydrogen (secondary N) is 1. The number of hydrogen-bond acceptors (Lipinski definition) is 6. The van der Waals surface area contributed by atoms with Gasteiger partial charge in [0.1, 0.15) is 12.2 Å². The van der Waals surface area contributed by atoms with Gasteiger partial charge in [-0.3, -0.25) is 9.69 Å². The van der Waals surface area contributed by atoms with Gasteiger partial charge in [-0.2, -0.15) is 0 Å². The summed E-state index contributed by atoms with van der Waals surface area (Å²) in [5.74, 6) is 0.127. The number of nitrogens with zero attached hydrogens (tertiary/aromatic N) is 4. The molecule has 0 radical (unpaired) electrons. The largest absolute Gasteiger partial charge is 0.490 e. The van der Waals surface area contributed by atoms with Crippen molar-refractivity contribution in [2.75, 3.05) is 37.7 Å². The molecule has 3 aromatic heterocycles. The van der Waals surface area contributed by atoms with Crippen LogP contribution in [0.5, 0.6) is 5.75 Å². The Labute approximate surface area is 292 Å². The Morgan fingerprint density at radius 3 is 2.60 bits per heavy atom. The molecule has 0 spiro atoms. The number of halogens is 1. The number of carbonyl (C=O) groups excluding carboxylic acids is 1. The lowest BCUT2D eigenvalue weighted by Gasteiger charge is -2.29. The molecule has 10 nitrogen and oxygen atoms in total. The molecular weight excluding hydrogens is 637 g/mol. The quantitative estimate of drug-likeness (QED) is 0.247. The first-order chi connectivity index (χ1) is 23.8. The molecule has 264 valence electrons. The van der Waals surface area contributed by atoms with Gasteiger partial charge in [0.15, 0.2) is 17.7 Å². The third kappa shape index (κ3) is 6.32. The van der Waals surface area contributed by atoms with Crippen LogP contribution in [-0.4, -0.2) is 69.8 Å². The molecular formula is C39H47FN5O5+. The van der Waals surface area contributed by atoms with Crippen LogP contribution in [0.2, 0.25) is 0 Å². The number of benzene rings is 1. The van der Waals surface area contributed by atoms with E-state index in [1.807, 2.05) is 62.5 Å². The molecule has 1 saturated carbocycles. The van der Waals surface area contributed by atoms with Gasteiger partial charge in [0.2, 0.25) is 5.91 Å². The standard InChI is InChI=1S/C39H46FN5O5/c1-22-26-9-7-18-49-34(26)29(40)20-27(22)33-28-21-30(43(6)36(28)42-23(2)32(33)35(38(47)48)50-39(3,4)5)25-12-13-41-31(19-25)44-14-8-15-45(17-16-44)37(46)24-10-11-24/h12-13,19-21,24,35H,7-11,14-18H2,1-6H3,(H,47,48)/p+1/t35-/m0/s1. The zero-order chi connectivity index (χ0) is 35.5. The van der Waals surface area contributed by atoms with Crippen LogP contribution >= 0.6 is 0 Å². The maximum absolute atomic E-state index is 15.8. The predicted octanol–water partition coefficient (Wildman–Crippen LogP) is 6.19. The number of H-pyrrole nitrogens is 1. The Morgan fingerprint density at radius 2 is 1.88 bits per heavy atom. The van der Waals surface area contributed by atoms with E-state index in [2.05, 4.69) is 16.0 Å². The highest BCUT2D eigenvalue weighted by molar-refractivity contribution is 6.01. The number of anilines is 1. The lowest BCUT2D eigenvalue weighted by molar-refractivity contribution is -0.364. The minimum atomic E-state index is -1.34. The first kappa shape index (κ1) is 34.0. The molecule has 1 aromatic carbocycles. The Balaban J connectivity index is 1.37. The van der Waals surface area contributed by atoms with Gasteiger partial charge in [-0.15, -0.1) is 0 Å². The summed E-state index contributed by atoms with van der Waals surface area (Å²) >= 11 is 0. The molecule has 3 aliphatic rings. The van der Waals surface area contributed by atoms with Gasteiger partial charge in [0.05, 0.1) is 37.2 Å². The molecule has 11 heteroatoms. The highest BCUT2D eigenvalue weighted by Gasteiger charge is 2.36. The van der Waals surface area contributed by atoms with E-state index >= 15 is 4.39 Å². The molecule has 1 saturated heterocycles. The molecule has 2 aliphatic heterocycles. The number of pyridine rings is 2. The Hall–Kier alpha value is -4.51. The van der Waals surface area contributed by atoms with Gasteiger partial charge in [-0.25, -0.2) is 19.2 Å². The molecule has 0 unspecified atom stereocenters. The van der Waals surface area contributed by atoms with E-state index in [0.29, 0.717) is 53.0 Å². The first-order valence-electron chi connectivity index (χ1n) is 17.7. The summed E-state index contributed by atoms with van der Waals surface area (Å²) in [5, 5.41) is 11.3. The van der Waals surface area contributed by atoms with Gasteiger partial charge in [0.25, 0.3) is 5.82 Å². The van der Waals surface area contributed by atoms with Crippen LogP contribution in [0.4, 0.5) is 10.2 Å². The normalized spacial score (nSPS) is 17.3. The van der Waals surface area contributed by atoms with E-state index in [4.69, 9.17) is 14.5 Å². The van der Waals surface area contributed by atoms with Crippen LogP contribution in [0.1, 0.15) is 74.9 Å². The van der Waals surface area contributed by atoms with E-state index in [1.165, 1.54) is 6.07 Å². The number of amides is 1. The monoisotopic (exact) mass is 684 g/mol. The van der Waals surface area contributed by atoms with Crippen LogP contribution in [0, 0.1) is 25.6 Å². The van der Waals surface area contributed by atoms with Gasteiger partial charge < -0.3 is 24.0 Å². The number of aryl methyl sites for hydroxylation is 2. The Bertz CT molecular complexity index is 2000. The number of hydrogen-bond donors (Lipinski definition) is 1. The minimum Gasteiger partial charge on any atom is -0.490 e. The summed E-state index contributed by atoms with van der Waals surface area (Å²) in [7, 11) is 1.95. The first-order valence-corrected chi connectivity index (χ1v) is 17.7. The van der Waals surface area contributed by atoms with E-state index < -0.39 is 23.5 Å². The summed E-state index contributed by atoms with van der Waals surface area (Å²) in [6, 6.07) is 7.63. The van der Waals surface area contributed by atoms with Crippen LogP contribution in [-0.2, 0) is 27.8 Å². The number of ether oxygens (including phenoxy) is 2. The Kier molecular flexibility index (Phi) is 8.82. The van der Waals surface area contributed by atoms with Crippen molar-refractivity contribution in [3.63, 3.8) is 0 Å². The predicted molar refractivity (Wildman–Crippen MR) is 189 cm³/mol. The number of aliphatic carboxylic acids is 1. The smallest absolute Gasteiger partial charge is 0.337 e. The van der Waals surface area contributed by atoms with Crippen molar-refractivity contribution in [2.45, 2.75) is 78.4 Å². The molecule has 7 rings (SSSR count). The maximum Gasteiger partial charge on any atom is 0.337 e. The van der Waals surface area contributed by atoms with Crippen LogP contribution in [0.15, 0.2) is 30.5 Å². The number of fused-ring (bicyclic) bond motifs is 2. The molecule has 2 fully saturated rings. The van der Waals surface area contributed by atoms with Crippen molar-refractivity contribution in [2.24, 2.45) is 13.0 Å². The third-order valence-electron chi connectivity index (χ3n) is 10.2. The average Bonchev–Trinajstić information content (AvgIpc) is 3.91. The van der Waals surface area contributed by atoms with E-state index in [-0.39, 0.29) is 17.6 Å². The van der Waals surface area contributed by atoms with Crippen molar-refractivity contribution in [1.29, 1.82) is 0 Å². The number of aromatic nitrogens is 3. The molecule has 2 N–H and O–H groups in total. The fourth-order valence-corrected chi connectivity index (χ4v) is 7.61. The zero-order valence-corrected chi connectivity index (χ0v) is 29.9. The summed E-state index contributed by atoms with van der Waals surface area (Å²) in [5.41, 5.74) is 5.48. The maximum atomic E-state index is 15.8. The fourth-order valence-electron chi connectivity index (χ4n) is 7.61. The van der Waals surface area contributed by atoms with E-state index in [9.17, 15) is 14.7 Å². The van der Waals surface area contributed by atoms with Gasteiger partial charge in [0, 0.05) is 65.3 Å². The van der Waals surface area contributed by atoms with Gasteiger partial charge in [-0.1, -0.05) is 0 Å². The molecule has 1 aliphatic carbocycles. The highest BCUT2D eigenvalue weighted by Crippen LogP contribution is 2.45. The lowest BCUT2D eigenvalue weighted by Crippen LogP contribution is -2.37. The third-order valence-corrected chi connectivity index (χ3v) is 10.2. The number of carbonyl (C=O) groups is 2. The van der Waals surface area contributed by atoms with Crippen molar-refractivity contribution >= 4 is 28.7 Å². The van der Waals surface area contributed by atoms with Crippen molar-refractivity contribution in [3.8, 4) is 28.1 Å². The van der Waals surface area contributed by atoms with Crippen LogP contribution < -0.4 is 14.6 Å². The minimum absolute atomic E-state index is 0.214. The SMILES string of the molecule is Cc1nc2c(cc(-c3cc[nH+]c(N4CCCN(C(=O)C5CC5)CC4)c3)n2C)c(-c2cc(F)c3c(c2C)CCCO3)c1[C@H](OC(C)(C)C)C(=O)O. The summed E-state index contributed by atoms with van der Waals surface area (Å²) < 4.78 is 29.8. The topological polar surface area (TPSA) is 111 Å². The van der Waals surface area contributed by atoms with Gasteiger partial charge in [-0.05, 0) is 89.6 Å². The van der Waals surface area contributed by atoms with Crippen molar-refractivity contribution in [3.05, 3.63) is 58.7 Å². The second-order valence-electron chi connectivity index (χ2n) is 15.0. The summed E-state index contributed by atoms with van der Waals surface area (Å²) in [4.78, 5) is 38.5. The summed E-state index contributed by atoms with van der Waals surface area (Å²) in [6.45, 7) is 12.7. The zero-order valence-electron chi connectivity index (χ0n) is 29.9. The van der Waals surface area contributed by atoms with Gasteiger partial charge >= 0.3 is 5.97 Å². The number of rotatable bonds is 7. The number of carboxylic acid groups (broad SMARTS) is 1. The molecule has 50 heavy (non-hydrogen) atoms. The fraction of sp³-hybridized carbons (Fsp3) is 0.487. The molecule has 0 bridgehead atoms. The number of aromatic amines is 1. The van der Waals surface area contributed by atoms with Crippen LogP contribution in [0.3, 0.4) is 0 Å². The van der Waals surface area contributed by atoms with E-state index in [0.717, 1.165) is 73.5 Å². The van der Waals surface area contributed by atoms with Crippen molar-refractivity contribution < 1.29 is 33.5 Å². The Morgan fingerprint density at radius 1 is 1.10 bits per heavy atom. The van der Waals surface area contributed by atoms with Crippen molar-refractivity contribution in [1.82, 2.24) is 14.5 Å². The molecule has 5 heterocycles. The highest BCUT2D eigenvalue weighted by atomic mass is 19.1. The second-order valence-corrected chi connectivity index (χ2v) is 15.0. The second kappa shape index (κ2) is 13.0.